The van der Waals surface area contributed by atoms with Gasteiger partial charge in [0, 0.05) is 12.7 Å². The van der Waals surface area contributed by atoms with Gasteiger partial charge in [0.15, 0.2) is 0 Å². The molecule has 0 spiro atoms. The average molecular weight is 310 g/mol. The van der Waals surface area contributed by atoms with Gasteiger partial charge in [-0.15, -0.1) is 0 Å². The van der Waals surface area contributed by atoms with Crippen molar-refractivity contribution in [3.05, 3.63) is 59.3 Å². The smallest absolute Gasteiger partial charge is 0.339 e. The lowest BCUT2D eigenvalue weighted by Gasteiger charge is -2.27. The average Bonchev–Trinajstić information content (AvgIpc) is 3.05. The molecule has 4 nitrogen and oxygen atoms in total. The summed E-state index contributed by atoms with van der Waals surface area (Å²) in [6.07, 6.45) is 3.90. The minimum Gasteiger partial charge on any atom is -0.462 e. The van der Waals surface area contributed by atoms with E-state index in [0.29, 0.717) is 18.2 Å². The van der Waals surface area contributed by atoms with Crippen LogP contribution in [0.4, 0.5) is 5.82 Å². The van der Waals surface area contributed by atoms with E-state index < -0.39 is 0 Å². The van der Waals surface area contributed by atoms with Crippen LogP contribution in [0.15, 0.2) is 42.6 Å². The van der Waals surface area contributed by atoms with Gasteiger partial charge in [-0.3, -0.25) is 0 Å². The molecular weight excluding hydrogens is 288 g/mol. The molecule has 4 heteroatoms. The van der Waals surface area contributed by atoms with Crippen molar-refractivity contribution >= 4 is 11.8 Å². The molecule has 23 heavy (non-hydrogen) atoms. The van der Waals surface area contributed by atoms with Crippen LogP contribution in [0.3, 0.4) is 0 Å². The Labute approximate surface area is 137 Å². The van der Waals surface area contributed by atoms with Crippen molar-refractivity contribution in [2.75, 3.05) is 18.1 Å². The molecule has 2 heterocycles. The van der Waals surface area contributed by atoms with E-state index in [1.54, 1.807) is 19.2 Å². The number of hydrogen-bond acceptors (Lipinski definition) is 4. The lowest BCUT2D eigenvalue weighted by atomic mass is 9.99. The number of carbonyl (C=O) groups is 1. The van der Waals surface area contributed by atoms with Crippen molar-refractivity contribution in [3.8, 4) is 0 Å². The van der Waals surface area contributed by atoms with Gasteiger partial charge in [-0.25, -0.2) is 9.78 Å². The highest BCUT2D eigenvalue weighted by molar-refractivity contribution is 5.89. The van der Waals surface area contributed by atoms with Gasteiger partial charge < -0.3 is 9.64 Å². The van der Waals surface area contributed by atoms with E-state index in [0.717, 1.165) is 25.2 Å². The Kier molecular flexibility index (Phi) is 4.60. The Balaban J connectivity index is 1.83. The summed E-state index contributed by atoms with van der Waals surface area (Å²) in [4.78, 5) is 18.6. The fourth-order valence-electron chi connectivity index (χ4n) is 3.22. The SMILES string of the molecule is CCOC(=O)c1ccc(N2CCCC2c2ccccc2C)nc1. The molecule has 1 aromatic carbocycles. The van der Waals surface area contributed by atoms with Crippen LogP contribution in [0.1, 0.15) is 47.3 Å². The first kappa shape index (κ1) is 15.5. The summed E-state index contributed by atoms with van der Waals surface area (Å²) in [5, 5.41) is 0. The first-order chi connectivity index (χ1) is 11.2. The summed E-state index contributed by atoms with van der Waals surface area (Å²) in [5.74, 6) is 0.604. The molecule has 1 atom stereocenters. The van der Waals surface area contributed by atoms with E-state index in [4.69, 9.17) is 4.74 Å². The minimum absolute atomic E-state index is 0.316. The van der Waals surface area contributed by atoms with Crippen LogP contribution in [0.5, 0.6) is 0 Å². The molecule has 0 N–H and O–H groups in total. The number of pyridine rings is 1. The molecule has 120 valence electrons. The molecule has 1 saturated heterocycles. The third-order valence-corrected chi connectivity index (χ3v) is 4.35. The largest absolute Gasteiger partial charge is 0.462 e. The van der Waals surface area contributed by atoms with Crippen molar-refractivity contribution in [2.45, 2.75) is 32.7 Å². The molecule has 0 bridgehead atoms. The number of aryl methyl sites for hydroxylation is 1. The van der Waals surface area contributed by atoms with Crippen LogP contribution in [0.25, 0.3) is 0 Å². The maximum absolute atomic E-state index is 11.7. The van der Waals surface area contributed by atoms with Crippen LogP contribution in [0, 0.1) is 6.92 Å². The molecule has 1 unspecified atom stereocenters. The number of nitrogens with zero attached hydrogens (tertiary/aromatic N) is 2. The molecule has 1 aliphatic rings. The van der Waals surface area contributed by atoms with Crippen molar-refractivity contribution in [2.24, 2.45) is 0 Å². The zero-order valence-corrected chi connectivity index (χ0v) is 13.7. The maximum Gasteiger partial charge on any atom is 0.339 e. The van der Waals surface area contributed by atoms with E-state index >= 15 is 0 Å². The Morgan fingerprint density at radius 3 is 2.83 bits per heavy atom. The summed E-state index contributed by atoms with van der Waals surface area (Å²) in [7, 11) is 0. The number of aromatic nitrogens is 1. The summed E-state index contributed by atoms with van der Waals surface area (Å²) < 4.78 is 5.01. The van der Waals surface area contributed by atoms with Gasteiger partial charge in [0.2, 0.25) is 0 Å². The molecule has 0 saturated carbocycles. The standard InChI is InChI=1S/C19H22N2O2/c1-3-23-19(22)15-10-11-18(20-13-15)21-12-6-9-17(21)16-8-5-4-7-14(16)2/h4-5,7-8,10-11,13,17H,3,6,9,12H2,1-2H3. The Hall–Kier alpha value is -2.36. The van der Waals surface area contributed by atoms with Crippen LogP contribution < -0.4 is 4.90 Å². The predicted molar refractivity (Wildman–Crippen MR) is 90.7 cm³/mol. The molecule has 1 fully saturated rings. The van der Waals surface area contributed by atoms with E-state index in [-0.39, 0.29) is 5.97 Å². The zero-order valence-electron chi connectivity index (χ0n) is 13.7. The monoisotopic (exact) mass is 310 g/mol. The fourth-order valence-corrected chi connectivity index (χ4v) is 3.22. The Bertz CT molecular complexity index is 682. The zero-order chi connectivity index (χ0) is 16.2. The van der Waals surface area contributed by atoms with E-state index in [1.807, 2.05) is 6.07 Å². The summed E-state index contributed by atoms with van der Waals surface area (Å²) in [6, 6.07) is 12.6. The quantitative estimate of drug-likeness (QED) is 0.803. The van der Waals surface area contributed by atoms with Gasteiger partial charge in [-0.2, -0.15) is 0 Å². The predicted octanol–water partition coefficient (Wildman–Crippen LogP) is 3.91. The van der Waals surface area contributed by atoms with Crippen LogP contribution in [-0.2, 0) is 4.74 Å². The van der Waals surface area contributed by atoms with Gasteiger partial charge in [0.1, 0.15) is 5.82 Å². The topological polar surface area (TPSA) is 42.4 Å². The number of anilines is 1. The van der Waals surface area contributed by atoms with Crippen molar-refractivity contribution in [1.29, 1.82) is 0 Å². The van der Waals surface area contributed by atoms with Crippen molar-refractivity contribution in [1.82, 2.24) is 4.98 Å². The second-order valence-corrected chi connectivity index (χ2v) is 5.83. The van der Waals surface area contributed by atoms with Crippen molar-refractivity contribution < 1.29 is 9.53 Å². The van der Waals surface area contributed by atoms with Crippen LogP contribution in [-0.4, -0.2) is 24.1 Å². The molecule has 3 rings (SSSR count). The number of rotatable bonds is 4. The van der Waals surface area contributed by atoms with E-state index in [9.17, 15) is 4.79 Å². The normalized spacial score (nSPS) is 17.3. The molecule has 0 aliphatic carbocycles. The number of benzene rings is 1. The highest BCUT2D eigenvalue weighted by Crippen LogP contribution is 2.36. The summed E-state index contributed by atoms with van der Waals surface area (Å²) >= 11 is 0. The van der Waals surface area contributed by atoms with Crippen LogP contribution in [0.2, 0.25) is 0 Å². The molecule has 1 aromatic heterocycles. The first-order valence-electron chi connectivity index (χ1n) is 8.16. The summed E-state index contributed by atoms with van der Waals surface area (Å²) in [6.45, 7) is 5.33. The molecular formula is C19H22N2O2. The third-order valence-electron chi connectivity index (χ3n) is 4.35. The second kappa shape index (κ2) is 6.82. The molecule has 0 radical (unpaired) electrons. The van der Waals surface area contributed by atoms with E-state index in [1.165, 1.54) is 11.1 Å². The third kappa shape index (κ3) is 3.21. The van der Waals surface area contributed by atoms with E-state index in [2.05, 4.69) is 41.1 Å². The lowest BCUT2D eigenvalue weighted by molar-refractivity contribution is 0.0526. The molecule has 0 amide bonds. The minimum atomic E-state index is -0.316. The van der Waals surface area contributed by atoms with Gasteiger partial charge in [0.05, 0.1) is 18.2 Å². The number of ether oxygens (including phenoxy) is 1. The highest BCUT2D eigenvalue weighted by Gasteiger charge is 2.28. The van der Waals surface area contributed by atoms with Gasteiger partial charge in [-0.05, 0) is 49.9 Å². The van der Waals surface area contributed by atoms with Gasteiger partial charge in [0.25, 0.3) is 0 Å². The first-order valence-corrected chi connectivity index (χ1v) is 8.16. The molecule has 2 aromatic rings. The Morgan fingerprint density at radius 2 is 2.13 bits per heavy atom. The summed E-state index contributed by atoms with van der Waals surface area (Å²) in [5.41, 5.74) is 3.18. The van der Waals surface area contributed by atoms with Gasteiger partial charge >= 0.3 is 5.97 Å². The molecule has 1 aliphatic heterocycles. The van der Waals surface area contributed by atoms with Gasteiger partial charge in [-0.1, -0.05) is 24.3 Å². The Morgan fingerprint density at radius 1 is 1.30 bits per heavy atom. The lowest BCUT2D eigenvalue weighted by Crippen LogP contribution is -2.24. The van der Waals surface area contributed by atoms with Crippen LogP contribution >= 0.6 is 0 Å². The second-order valence-electron chi connectivity index (χ2n) is 5.83. The number of carbonyl (C=O) groups excluding carboxylic acids is 1. The number of esters is 1. The number of hydrogen-bond donors (Lipinski definition) is 0. The van der Waals surface area contributed by atoms with Crippen molar-refractivity contribution in [3.63, 3.8) is 0 Å². The fraction of sp³-hybridized carbons (Fsp3) is 0.368. The maximum atomic E-state index is 11.7. The highest BCUT2D eigenvalue weighted by atomic mass is 16.5.